The van der Waals surface area contributed by atoms with E-state index in [-0.39, 0.29) is 11.6 Å². The number of hydrogen-bond acceptors (Lipinski definition) is 5. The third-order valence-corrected chi connectivity index (χ3v) is 2.33. The number of anilines is 2. The Kier molecular flexibility index (Phi) is 5.12. The van der Waals surface area contributed by atoms with Gasteiger partial charge in [0.2, 0.25) is 11.7 Å². The molecule has 1 atom stereocenters. The first-order valence-corrected chi connectivity index (χ1v) is 6.00. The monoisotopic (exact) mass is 291 g/mol. The van der Waals surface area contributed by atoms with Crippen molar-refractivity contribution in [3.05, 3.63) is 11.9 Å². The lowest BCUT2D eigenvalue weighted by molar-refractivity contribution is -0.144. The second-order valence-electron chi connectivity index (χ2n) is 4.15. The molecule has 0 fully saturated rings. The molecule has 0 bridgehead atoms. The maximum Gasteiger partial charge on any atom is 0.451 e. The number of carbonyl (C=O) groups excluding carboxylic acids is 1. The fourth-order valence-electron chi connectivity index (χ4n) is 1.28. The van der Waals surface area contributed by atoms with Gasteiger partial charge < -0.3 is 16.4 Å². The molecule has 9 heteroatoms. The Labute approximate surface area is 114 Å². The van der Waals surface area contributed by atoms with Crippen molar-refractivity contribution in [3.8, 4) is 0 Å². The molecule has 4 N–H and O–H groups in total. The van der Waals surface area contributed by atoms with Gasteiger partial charge in [-0.25, -0.2) is 9.97 Å². The van der Waals surface area contributed by atoms with Crippen molar-refractivity contribution in [3.63, 3.8) is 0 Å². The van der Waals surface area contributed by atoms with Crippen LogP contribution in [0.5, 0.6) is 0 Å². The zero-order chi connectivity index (χ0) is 15.3. The lowest BCUT2D eigenvalue weighted by Crippen LogP contribution is -2.33. The van der Waals surface area contributed by atoms with Crippen molar-refractivity contribution in [1.82, 2.24) is 9.97 Å². The van der Waals surface area contributed by atoms with Gasteiger partial charge in [0.15, 0.2) is 0 Å². The Morgan fingerprint density at radius 2 is 2.00 bits per heavy atom. The standard InChI is InChI=1S/C11H16F3N5O/c1-3-4-16-7-5-8(17-6(2)9(15)20)19-10(18-7)11(12,13)14/h5-6H,3-4H2,1-2H3,(H2,15,20)(H2,16,17,18,19). The molecule has 0 saturated carbocycles. The number of nitrogens with two attached hydrogens (primary N) is 1. The lowest BCUT2D eigenvalue weighted by atomic mass is 10.3. The topological polar surface area (TPSA) is 92.9 Å². The van der Waals surface area contributed by atoms with E-state index in [1.165, 1.54) is 13.0 Å². The number of amides is 1. The molecular formula is C11H16F3N5O. The number of primary amides is 1. The van der Waals surface area contributed by atoms with Crippen molar-refractivity contribution < 1.29 is 18.0 Å². The highest BCUT2D eigenvalue weighted by Gasteiger charge is 2.35. The molecule has 0 aliphatic carbocycles. The van der Waals surface area contributed by atoms with E-state index in [0.29, 0.717) is 6.54 Å². The van der Waals surface area contributed by atoms with E-state index in [9.17, 15) is 18.0 Å². The van der Waals surface area contributed by atoms with E-state index in [4.69, 9.17) is 5.73 Å². The summed E-state index contributed by atoms with van der Waals surface area (Å²) in [6, 6.07) is 0.453. The summed E-state index contributed by atoms with van der Waals surface area (Å²) in [5.74, 6) is -2.05. The van der Waals surface area contributed by atoms with Crippen molar-refractivity contribution in [2.45, 2.75) is 32.5 Å². The van der Waals surface area contributed by atoms with Crippen LogP contribution >= 0.6 is 0 Å². The number of nitrogens with zero attached hydrogens (tertiary/aromatic N) is 2. The van der Waals surface area contributed by atoms with Crippen molar-refractivity contribution in [2.75, 3.05) is 17.2 Å². The molecule has 1 heterocycles. The Morgan fingerprint density at radius 1 is 1.40 bits per heavy atom. The van der Waals surface area contributed by atoms with Crippen molar-refractivity contribution in [1.29, 1.82) is 0 Å². The number of aromatic nitrogens is 2. The van der Waals surface area contributed by atoms with Gasteiger partial charge in [-0.3, -0.25) is 4.79 Å². The van der Waals surface area contributed by atoms with Crippen LogP contribution < -0.4 is 16.4 Å². The third-order valence-electron chi connectivity index (χ3n) is 2.33. The van der Waals surface area contributed by atoms with Crippen LogP contribution in [0.1, 0.15) is 26.1 Å². The number of hydrogen-bond donors (Lipinski definition) is 3. The van der Waals surface area contributed by atoms with Gasteiger partial charge in [0.05, 0.1) is 0 Å². The predicted octanol–water partition coefficient (Wildman–Crippen LogP) is 1.60. The molecule has 1 amide bonds. The van der Waals surface area contributed by atoms with Crippen LogP contribution in [-0.2, 0) is 11.0 Å². The summed E-state index contributed by atoms with van der Waals surface area (Å²) in [6.07, 6.45) is -3.94. The van der Waals surface area contributed by atoms with E-state index < -0.39 is 23.9 Å². The number of rotatable bonds is 6. The van der Waals surface area contributed by atoms with Gasteiger partial charge in [-0.05, 0) is 13.3 Å². The van der Waals surface area contributed by atoms with Crippen LogP contribution in [-0.4, -0.2) is 28.5 Å². The van der Waals surface area contributed by atoms with E-state index in [1.807, 2.05) is 6.92 Å². The minimum atomic E-state index is -4.67. The number of nitrogens with one attached hydrogen (secondary N) is 2. The van der Waals surface area contributed by atoms with Crippen LogP contribution in [0.4, 0.5) is 24.8 Å². The largest absolute Gasteiger partial charge is 0.451 e. The Balaban J connectivity index is 3.06. The smallest absolute Gasteiger partial charge is 0.370 e. The Morgan fingerprint density at radius 3 is 2.50 bits per heavy atom. The van der Waals surface area contributed by atoms with Gasteiger partial charge >= 0.3 is 6.18 Å². The molecule has 0 spiro atoms. The second kappa shape index (κ2) is 6.40. The van der Waals surface area contributed by atoms with Gasteiger partial charge in [-0.1, -0.05) is 6.92 Å². The molecule has 1 rings (SSSR count). The van der Waals surface area contributed by atoms with Gasteiger partial charge in [0.1, 0.15) is 17.7 Å². The molecule has 1 aromatic heterocycles. The highest BCUT2D eigenvalue weighted by Crippen LogP contribution is 2.28. The van der Waals surface area contributed by atoms with Crippen molar-refractivity contribution in [2.24, 2.45) is 5.73 Å². The molecule has 0 aromatic carbocycles. The van der Waals surface area contributed by atoms with Gasteiger partial charge in [-0.15, -0.1) is 0 Å². The lowest BCUT2D eigenvalue weighted by Gasteiger charge is -2.14. The maximum atomic E-state index is 12.7. The van der Waals surface area contributed by atoms with Crippen LogP contribution in [0, 0.1) is 0 Å². The molecule has 1 aromatic rings. The van der Waals surface area contributed by atoms with Crippen LogP contribution in [0.3, 0.4) is 0 Å². The summed E-state index contributed by atoms with van der Waals surface area (Å²) in [7, 11) is 0. The number of halogens is 3. The minimum absolute atomic E-state index is 0.0355. The van der Waals surface area contributed by atoms with E-state index in [1.54, 1.807) is 0 Å². The van der Waals surface area contributed by atoms with Crippen LogP contribution in [0.25, 0.3) is 0 Å². The quantitative estimate of drug-likeness (QED) is 0.740. The summed E-state index contributed by atoms with van der Waals surface area (Å²) >= 11 is 0. The zero-order valence-corrected chi connectivity index (χ0v) is 11.1. The van der Waals surface area contributed by atoms with E-state index in [2.05, 4.69) is 20.6 Å². The van der Waals surface area contributed by atoms with Gasteiger partial charge in [0.25, 0.3) is 0 Å². The fourth-order valence-corrected chi connectivity index (χ4v) is 1.28. The maximum absolute atomic E-state index is 12.7. The molecule has 0 saturated heterocycles. The number of carbonyl (C=O) groups is 1. The SMILES string of the molecule is CCCNc1cc(NC(C)C(N)=O)nc(C(F)(F)F)n1. The molecule has 0 aliphatic rings. The zero-order valence-electron chi connectivity index (χ0n) is 11.1. The summed E-state index contributed by atoms with van der Waals surface area (Å²) in [6.45, 7) is 3.77. The van der Waals surface area contributed by atoms with Crippen LogP contribution in [0.15, 0.2) is 6.07 Å². The first kappa shape index (κ1) is 16.0. The molecule has 112 valence electrons. The average molecular weight is 291 g/mol. The van der Waals surface area contributed by atoms with Crippen molar-refractivity contribution >= 4 is 17.5 Å². The highest BCUT2D eigenvalue weighted by molar-refractivity contribution is 5.82. The first-order chi connectivity index (χ1) is 9.24. The normalized spacial score (nSPS) is 12.8. The molecule has 20 heavy (non-hydrogen) atoms. The highest BCUT2D eigenvalue weighted by atomic mass is 19.4. The Hall–Kier alpha value is -2.06. The fraction of sp³-hybridized carbons (Fsp3) is 0.545. The third kappa shape index (κ3) is 4.56. The molecule has 0 radical (unpaired) electrons. The molecular weight excluding hydrogens is 275 g/mol. The van der Waals surface area contributed by atoms with Gasteiger partial charge in [0, 0.05) is 12.6 Å². The molecule has 1 unspecified atom stereocenters. The molecule has 6 nitrogen and oxygen atoms in total. The summed E-state index contributed by atoms with van der Waals surface area (Å²) in [5, 5.41) is 5.25. The van der Waals surface area contributed by atoms with Gasteiger partial charge in [-0.2, -0.15) is 13.2 Å². The Bertz CT molecular complexity index is 478. The average Bonchev–Trinajstić information content (AvgIpc) is 2.34. The molecule has 0 aliphatic heterocycles. The van der Waals surface area contributed by atoms with E-state index >= 15 is 0 Å². The summed E-state index contributed by atoms with van der Waals surface area (Å²) in [4.78, 5) is 17.7. The second-order valence-corrected chi connectivity index (χ2v) is 4.15. The number of alkyl halides is 3. The summed E-state index contributed by atoms with van der Waals surface area (Å²) < 4.78 is 38.1. The predicted molar refractivity (Wildman–Crippen MR) is 68.1 cm³/mol. The van der Waals surface area contributed by atoms with E-state index in [0.717, 1.165) is 6.42 Å². The summed E-state index contributed by atoms with van der Waals surface area (Å²) in [5.41, 5.74) is 5.04. The van der Waals surface area contributed by atoms with Crippen LogP contribution in [0.2, 0.25) is 0 Å². The first-order valence-electron chi connectivity index (χ1n) is 6.00. The minimum Gasteiger partial charge on any atom is -0.370 e.